The Labute approximate surface area is 154 Å². The van der Waals surface area contributed by atoms with E-state index in [-0.39, 0.29) is 4.90 Å². The van der Waals surface area contributed by atoms with Crippen LogP contribution in [-0.2, 0) is 10.0 Å². The first-order chi connectivity index (χ1) is 12.5. The zero-order valence-corrected chi connectivity index (χ0v) is 15.5. The van der Waals surface area contributed by atoms with Crippen LogP contribution in [0.1, 0.15) is 5.56 Å². The molecule has 2 aromatic rings. The van der Waals surface area contributed by atoms with Crippen LogP contribution in [0.4, 0.5) is 5.69 Å². The summed E-state index contributed by atoms with van der Waals surface area (Å²) in [4.78, 5) is 2.47. The number of rotatable bonds is 3. The van der Waals surface area contributed by atoms with Gasteiger partial charge < -0.3 is 14.4 Å². The van der Waals surface area contributed by atoms with E-state index in [1.807, 2.05) is 0 Å². The summed E-state index contributed by atoms with van der Waals surface area (Å²) in [6.45, 7) is 5.25. The molecule has 0 amide bonds. The highest BCUT2D eigenvalue weighted by molar-refractivity contribution is 7.89. The molecule has 1 fully saturated rings. The highest BCUT2D eigenvalue weighted by atomic mass is 32.2. The first-order valence-electron chi connectivity index (χ1n) is 8.75. The molecular weight excluding hydrogens is 352 g/mol. The zero-order valence-electron chi connectivity index (χ0n) is 14.7. The van der Waals surface area contributed by atoms with Crippen molar-refractivity contribution >= 4 is 15.7 Å². The first-order valence-corrected chi connectivity index (χ1v) is 10.2. The molecule has 2 aliphatic heterocycles. The highest BCUT2D eigenvalue weighted by Gasteiger charge is 2.29. The molecule has 0 N–H and O–H groups in total. The number of benzene rings is 2. The third-order valence-electron chi connectivity index (χ3n) is 4.79. The van der Waals surface area contributed by atoms with Crippen molar-refractivity contribution in [2.24, 2.45) is 0 Å². The van der Waals surface area contributed by atoms with Crippen molar-refractivity contribution < 1.29 is 17.9 Å². The van der Waals surface area contributed by atoms with Crippen LogP contribution in [0, 0.1) is 6.92 Å². The largest absolute Gasteiger partial charge is 0.486 e. The number of ether oxygens (including phenoxy) is 2. The Morgan fingerprint density at radius 1 is 0.846 bits per heavy atom. The maximum atomic E-state index is 13.0. The summed E-state index contributed by atoms with van der Waals surface area (Å²) in [5.74, 6) is 1.09. The van der Waals surface area contributed by atoms with Gasteiger partial charge in [0.25, 0.3) is 0 Å². The van der Waals surface area contributed by atoms with Gasteiger partial charge in [0, 0.05) is 37.9 Å². The topological polar surface area (TPSA) is 59.1 Å². The minimum absolute atomic E-state index is 0.255. The number of aryl methyl sites for hydroxylation is 1. The predicted molar refractivity (Wildman–Crippen MR) is 99.6 cm³/mol. The van der Waals surface area contributed by atoms with E-state index < -0.39 is 10.0 Å². The monoisotopic (exact) mass is 374 g/mol. The molecule has 0 bridgehead atoms. The molecule has 2 aliphatic rings. The van der Waals surface area contributed by atoms with Gasteiger partial charge in [-0.05, 0) is 31.2 Å². The lowest BCUT2D eigenvalue weighted by atomic mass is 10.2. The predicted octanol–water partition coefficient (Wildman–Crippen LogP) is 2.28. The van der Waals surface area contributed by atoms with Crippen molar-refractivity contribution in [1.82, 2.24) is 4.31 Å². The third-order valence-corrected chi connectivity index (χ3v) is 6.68. The van der Waals surface area contributed by atoms with E-state index in [2.05, 4.69) is 36.1 Å². The summed E-state index contributed by atoms with van der Waals surface area (Å²) in [6.07, 6.45) is 0. The summed E-state index contributed by atoms with van der Waals surface area (Å²) in [6, 6.07) is 13.1. The van der Waals surface area contributed by atoms with Gasteiger partial charge in [-0.1, -0.05) is 17.7 Å². The zero-order chi connectivity index (χ0) is 18.1. The van der Waals surface area contributed by atoms with E-state index in [0.717, 1.165) is 5.69 Å². The van der Waals surface area contributed by atoms with Crippen molar-refractivity contribution in [2.45, 2.75) is 11.8 Å². The molecule has 0 aliphatic carbocycles. The van der Waals surface area contributed by atoms with Gasteiger partial charge in [0.15, 0.2) is 11.5 Å². The second-order valence-corrected chi connectivity index (χ2v) is 8.47. The second-order valence-electron chi connectivity index (χ2n) is 6.53. The Balaban J connectivity index is 1.48. The fraction of sp³-hybridized carbons (Fsp3) is 0.368. The fourth-order valence-corrected chi connectivity index (χ4v) is 4.71. The molecule has 2 heterocycles. The molecule has 0 saturated carbocycles. The lowest BCUT2D eigenvalue weighted by Crippen LogP contribution is -2.48. The Morgan fingerprint density at radius 2 is 1.50 bits per heavy atom. The lowest BCUT2D eigenvalue weighted by Gasteiger charge is -2.35. The molecule has 6 nitrogen and oxygen atoms in total. The Morgan fingerprint density at radius 3 is 2.19 bits per heavy atom. The summed E-state index contributed by atoms with van der Waals surface area (Å²) < 4.78 is 38.5. The number of fused-ring (bicyclic) bond motifs is 1. The van der Waals surface area contributed by atoms with Crippen molar-refractivity contribution in [3.05, 3.63) is 48.0 Å². The number of nitrogens with zero attached hydrogens (tertiary/aromatic N) is 2. The molecule has 2 aromatic carbocycles. The minimum Gasteiger partial charge on any atom is -0.486 e. The summed E-state index contributed by atoms with van der Waals surface area (Å²) >= 11 is 0. The molecule has 0 radical (unpaired) electrons. The maximum Gasteiger partial charge on any atom is 0.243 e. The molecule has 0 aromatic heterocycles. The average molecular weight is 374 g/mol. The Bertz CT molecular complexity index is 888. The molecule has 26 heavy (non-hydrogen) atoms. The van der Waals surface area contributed by atoms with E-state index >= 15 is 0 Å². The Hall–Kier alpha value is -2.25. The highest BCUT2D eigenvalue weighted by Crippen LogP contribution is 2.33. The Kier molecular flexibility index (Phi) is 4.50. The quantitative estimate of drug-likeness (QED) is 0.825. The molecule has 4 rings (SSSR count). The number of anilines is 1. The van der Waals surface area contributed by atoms with Crippen molar-refractivity contribution in [3.63, 3.8) is 0 Å². The van der Waals surface area contributed by atoms with E-state index in [0.29, 0.717) is 50.9 Å². The van der Waals surface area contributed by atoms with Crippen molar-refractivity contribution in [2.75, 3.05) is 44.3 Å². The molecule has 0 atom stereocenters. The van der Waals surface area contributed by atoms with Crippen molar-refractivity contribution in [3.8, 4) is 11.5 Å². The molecule has 1 saturated heterocycles. The summed E-state index contributed by atoms with van der Waals surface area (Å²) in [7, 11) is -3.54. The third kappa shape index (κ3) is 3.24. The molecule has 7 heteroatoms. The van der Waals surface area contributed by atoms with Gasteiger partial charge in [-0.3, -0.25) is 0 Å². The number of hydrogen-bond donors (Lipinski definition) is 0. The van der Waals surface area contributed by atoms with Crippen LogP contribution in [0.15, 0.2) is 47.4 Å². The second kappa shape index (κ2) is 6.81. The minimum atomic E-state index is -3.54. The van der Waals surface area contributed by atoms with Gasteiger partial charge in [-0.15, -0.1) is 0 Å². The van der Waals surface area contributed by atoms with E-state index in [4.69, 9.17) is 9.47 Å². The van der Waals surface area contributed by atoms with Crippen LogP contribution >= 0.6 is 0 Å². The first kappa shape index (κ1) is 17.2. The van der Waals surface area contributed by atoms with E-state index in [1.54, 1.807) is 22.5 Å². The SMILES string of the molecule is Cc1ccc(N2CCN(S(=O)(=O)c3ccc4c(c3)OCCO4)CC2)cc1. The fourth-order valence-electron chi connectivity index (χ4n) is 3.28. The summed E-state index contributed by atoms with van der Waals surface area (Å²) in [5, 5.41) is 0. The van der Waals surface area contributed by atoms with Crippen LogP contribution in [0.25, 0.3) is 0 Å². The van der Waals surface area contributed by atoms with Crippen LogP contribution < -0.4 is 14.4 Å². The van der Waals surface area contributed by atoms with Crippen LogP contribution in [-0.4, -0.2) is 52.1 Å². The molecule has 138 valence electrons. The van der Waals surface area contributed by atoms with Crippen molar-refractivity contribution in [1.29, 1.82) is 0 Å². The number of piperazine rings is 1. The normalized spacial score (nSPS) is 18.0. The van der Waals surface area contributed by atoms with Gasteiger partial charge in [0.05, 0.1) is 4.90 Å². The summed E-state index contributed by atoms with van der Waals surface area (Å²) in [5.41, 5.74) is 2.35. The van der Waals surface area contributed by atoms with Gasteiger partial charge >= 0.3 is 0 Å². The number of hydrogen-bond acceptors (Lipinski definition) is 5. The van der Waals surface area contributed by atoms with Crippen LogP contribution in [0.5, 0.6) is 11.5 Å². The van der Waals surface area contributed by atoms with Gasteiger partial charge in [0.1, 0.15) is 13.2 Å². The van der Waals surface area contributed by atoms with Gasteiger partial charge in [-0.2, -0.15) is 4.31 Å². The van der Waals surface area contributed by atoms with Gasteiger partial charge in [-0.25, -0.2) is 8.42 Å². The molecular formula is C19H22N2O4S. The van der Waals surface area contributed by atoms with E-state index in [9.17, 15) is 8.42 Å². The standard InChI is InChI=1S/C19H22N2O4S/c1-15-2-4-16(5-3-15)20-8-10-21(11-9-20)26(22,23)17-6-7-18-19(14-17)25-13-12-24-18/h2-7,14H,8-13H2,1H3. The van der Waals surface area contributed by atoms with E-state index in [1.165, 1.54) is 5.56 Å². The molecule has 0 spiro atoms. The lowest BCUT2D eigenvalue weighted by molar-refractivity contribution is 0.171. The van der Waals surface area contributed by atoms with Crippen LogP contribution in [0.3, 0.4) is 0 Å². The smallest absolute Gasteiger partial charge is 0.243 e. The maximum absolute atomic E-state index is 13.0. The van der Waals surface area contributed by atoms with Gasteiger partial charge in [0.2, 0.25) is 10.0 Å². The van der Waals surface area contributed by atoms with Crippen LogP contribution in [0.2, 0.25) is 0 Å². The molecule has 0 unspecified atom stereocenters. The average Bonchev–Trinajstić information content (AvgIpc) is 2.68. The number of sulfonamides is 1.